The van der Waals surface area contributed by atoms with Gasteiger partial charge in [-0.2, -0.15) is 23.4 Å². The molecule has 9 heteroatoms. The maximum atomic E-state index is 13.0. The molecule has 0 aliphatic heterocycles. The molecule has 0 aliphatic rings. The summed E-state index contributed by atoms with van der Waals surface area (Å²) < 4.78 is 44.9. The number of nitrogens with zero attached hydrogens (tertiary/aromatic N) is 2. The third-order valence-corrected chi connectivity index (χ3v) is 5.38. The van der Waals surface area contributed by atoms with E-state index in [-0.39, 0.29) is 11.3 Å². The van der Waals surface area contributed by atoms with Crippen LogP contribution in [0.1, 0.15) is 67.1 Å². The first-order valence-corrected chi connectivity index (χ1v) is 11.7. The smallest absolute Gasteiger partial charge is 0.417 e. The molecule has 1 aromatic heterocycles. The summed E-state index contributed by atoms with van der Waals surface area (Å²) in [5.74, 6) is 0.146. The summed E-state index contributed by atoms with van der Waals surface area (Å²) in [5, 5.41) is 10.4. The highest BCUT2D eigenvalue weighted by Gasteiger charge is 2.32. The molecule has 35 heavy (non-hydrogen) atoms. The van der Waals surface area contributed by atoms with Gasteiger partial charge in [0.1, 0.15) is 11.4 Å². The first kappa shape index (κ1) is 26.0. The molecule has 2 N–H and O–H groups in total. The minimum Gasteiger partial charge on any atom is -0.494 e. The average Bonchev–Trinajstić information content (AvgIpc) is 3.34. The molecule has 0 unspecified atom stereocenters. The predicted molar refractivity (Wildman–Crippen MR) is 129 cm³/mol. The summed E-state index contributed by atoms with van der Waals surface area (Å²) >= 11 is 0. The Kier molecular flexibility index (Phi) is 9.46. The number of unbranched alkanes of at least 4 members (excludes halogenated alkanes) is 5. The van der Waals surface area contributed by atoms with E-state index in [0.717, 1.165) is 36.4 Å². The van der Waals surface area contributed by atoms with E-state index in [2.05, 4.69) is 27.6 Å². The van der Waals surface area contributed by atoms with Crippen molar-refractivity contribution in [1.29, 1.82) is 0 Å². The molecule has 0 bridgehead atoms. The third kappa shape index (κ3) is 7.98. The SMILES string of the molecule is CCCCCCCCOc1ccc(-c2cc(C(=O)N/N=C\c3ccccc3C(F)(F)F)[nH]n2)cc1. The summed E-state index contributed by atoms with van der Waals surface area (Å²) in [6.45, 7) is 2.87. The van der Waals surface area contributed by atoms with Crippen LogP contribution in [0, 0.1) is 0 Å². The number of carbonyl (C=O) groups excluding carboxylic acids is 1. The van der Waals surface area contributed by atoms with Crippen molar-refractivity contribution in [1.82, 2.24) is 15.6 Å². The van der Waals surface area contributed by atoms with Crippen LogP contribution >= 0.6 is 0 Å². The first-order valence-electron chi connectivity index (χ1n) is 11.7. The number of carbonyl (C=O) groups is 1. The Morgan fingerprint density at radius 1 is 1.06 bits per heavy atom. The number of H-pyrrole nitrogens is 1. The fourth-order valence-electron chi connectivity index (χ4n) is 3.47. The van der Waals surface area contributed by atoms with E-state index in [1.807, 2.05) is 24.3 Å². The molecule has 3 rings (SSSR count). The number of amides is 1. The van der Waals surface area contributed by atoms with Gasteiger partial charge in [0.25, 0.3) is 5.91 Å². The number of halogens is 3. The second kappa shape index (κ2) is 12.7. The second-order valence-corrected chi connectivity index (χ2v) is 8.09. The van der Waals surface area contributed by atoms with E-state index in [1.54, 1.807) is 6.07 Å². The molecule has 0 radical (unpaired) electrons. The molecular weight excluding hydrogens is 457 g/mol. The zero-order valence-corrected chi connectivity index (χ0v) is 19.6. The van der Waals surface area contributed by atoms with E-state index >= 15 is 0 Å². The largest absolute Gasteiger partial charge is 0.494 e. The van der Waals surface area contributed by atoms with Crippen LogP contribution in [0.3, 0.4) is 0 Å². The van der Waals surface area contributed by atoms with Gasteiger partial charge in [-0.05, 0) is 42.8 Å². The molecule has 0 aliphatic carbocycles. The lowest BCUT2D eigenvalue weighted by atomic mass is 10.1. The van der Waals surface area contributed by atoms with Crippen molar-refractivity contribution in [2.45, 2.75) is 51.6 Å². The van der Waals surface area contributed by atoms with Crippen LogP contribution in [-0.2, 0) is 6.18 Å². The number of aromatic amines is 1. The number of benzene rings is 2. The summed E-state index contributed by atoms with van der Waals surface area (Å²) in [6.07, 6.45) is 3.65. The topological polar surface area (TPSA) is 79.4 Å². The van der Waals surface area contributed by atoms with Gasteiger partial charge in [0.15, 0.2) is 0 Å². The number of alkyl halides is 3. The van der Waals surface area contributed by atoms with Gasteiger partial charge in [-0.1, -0.05) is 57.2 Å². The van der Waals surface area contributed by atoms with Gasteiger partial charge >= 0.3 is 6.18 Å². The summed E-state index contributed by atoms with van der Waals surface area (Å²) in [4.78, 5) is 12.3. The van der Waals surface area contributed by atoms with Crippen LogP contribution < -0.4 is 10.2 Å². The minimum absolute atomic E-state index is 0.129. The van der Waals surface area contributed by atoms with Crippen molar-refractivity contribution in [3.05, 3.63) is 71.4 Å². The monoisotopic (exact) mass is 486 g/mol. The standard InChI is InChI=1S/C26H29F3N4O2/c1-2-3-4-5-6-9-16-35-21-14-12-19(13-15-21)23-17-24(32-31-23)25(34)33-30-18-20-10-7-8-11-22(20)26(27,28)29/h7-8,10-15,17-18H,2-6,9,16H2,1H3,(H,31,32)(H,33,34)/b30-18-. The van der Waals surface area contributed by atoms with Gasteiger partial charge in [-0.25, -0.2) is 5.43 Å². The summed E-state index contributed by atoms with van der Waals surface area (Å²) in [7, 11) is 0. The lowest BCUT2D eigenvalue weighted by Gasteiger charge is -2.09. The predicted octanol–water partition coefficient (Wildman–Crippen LogP) is 6.60. The average molecular weight is 487 g/mol. The van der Waals surface area contributed by atoms with Crippen LogP contribution in [0.2, 0.25) is 0 Å². The Morgan fingerprint density at radius 3 is 2.51 bits per heavy atom. The molecule has 1 heterocycles. The van der Waals surface area contributed by atoms with E-state index in [0.29, 0.717) is 12.3 Å². The first-order chi connectivity index (χ1) is 16.9. The minimum atomic E-state index is -4.51. The van der Waals surface area contributed by atoms with Crippen LogP contribution in [0.4, 0.5) is 13.2 Å². The van der Waals surface area contributed by atoms with Gasteiger partial charge in [0.05, 0.1) is 24.1 Å². The number of hydrogen-bond acceptors (Lipinski definition) is 4. The van der Waals surface area contributed by atoms with Gasteiger partial charge in [-0.3, -0.25) is 9.89 Å². The molecule has 0 saturated carbocycles. The van der Waals surface area contributed by atoms with Crippen LogP contribution in [0.5, 0.6) is 5.75 Å². The van der Waals surface area contributed by atoms with Crippen molar-refractivity contribution in [3.8, 4) is 17.0 Å². The molecular formula is C26H29F3N4O2. The van der Waals surface area contributed by atoms with Crippen molar-refractivity contribution < 1.29 is 22.7 Å². The van der Waals surface area contributed by atoms with Crippen LogP contribution in [-0.4, -0.2) is 28.9 Å². The van der Waals surface area contributed by atoms with Gasteiger partial charge in [0.2, 0.25) is 0 Å². The number of rotatable bonds is 12. The Bertz CT molecular complexity index is 1110. The van der Waals surface area contributed by atoms with E-state index in [9.17, 15) is 18.0 Å². The zero-order chi connectivity index (χ0) is 25.1. The Balaban J connectivity index is 1.51. The third-order valence-electron chi connectivity index (χ3n) is 5.38. The van der Waals surface area contributed by atoms with Crippen molar-refractivity contribution in [2.75, 3.05) is 6.61 Å². The highest BCUT2D eigenvalue weighted by molar-refractivity contribution is 5.94. The van der Waals surface area contributed by atoms with Crippen LogP contribution in [0.15, 0.2) is 59.7 Å². The molecule has 186 valence electrons. The number of ether oxygens (including phenoxy) is 1. The second-order valence-electron chi connectivity index (χ2n) is 8.09. The lowest BCUT2D eigenvalue weighted by molar-refractivity contribution is -0.137. The van der Waals surface area contributed by atoms with Gasteiger partial charge in [-0.15, -0.1) is 0 Å². The van der Waals surface area contributed by atoms with Crippen LogP contribution in [0.25, 0.3) is 11.3 Å². The maximum Gasteiger partial charge on any atom is 0.417 e. The van der Waals surface area contributed by atoms with Gasteiger partial charge in [0, 0.05) is 11.1 Å². The normalized spacial score (nSPS) is 11.7. The highest BCUT2D eigenvalue weighted by Crippen LogP contribution is 2.31. The quantitative estimate of drug-likeness (QED) is 0.172. The highest BCUT2D eigenvalue weighted by atomic mass is 19.4. The van der Waals surface area contributed by atoms with Gasteiger partial charge < -0.3 is 4.74 Å². The lowest BCUT2D eigenvalue weighted by Crippen LogP contribution is -2.18. The molecule has 0 spiro atoms. The molecule has 3 aromatic rings. The molecule has 0 saturated heterocycles. The number of hydrogen-bond donors (Lipinski definition) is 2. The Labute approximate surface area is 202 Å². The van der Waals surface area contributed by atoms with Crippen molar-refractivity contribution in [3.63, 3.8) is 0 Å². The van der Waals surface area contributed by atoms with E-state index < -0.39 is 17.6 Å². The number of aromatic nitrogens is 2. The van der Waals surface area contributed by atoms with Crippen molar-refractivity contribution in [2.24, 2.45) is 5.10 Å². The maximum absolute atomic E-state index is 13.0. The molecule has 0 fully saturated rings. The number of hydrazone groups is 1. The molecule has 1 amide bonds. The fraction of sp³-hybridized carbons (Fsp3) is 0.346. The summed E-state index contributed by atoms with van der Waals surface area (Å²) in [6, 6.07) is 13.9. The molecule has 2 aromatic carbocycles. The summed E-state index contributed by atoms with van der Waals surface area (Å²) in [5.41, 5.74) is 2.70. The molecule has 6 nitrogen and oxygen atoms in total. The molecule has 0 atom stereocenters. The number of nitrogens with one attached hydrogen (secondary N) is 2. The van der Waals surface area contributed by atoms with E-state index in [1.165, 1.54) is 43.9 Å². The van der Waals surface area contributed by atoms with Crippen molar-refractivity contribution >= 4 is 12.1 Å². The Hall–Kier alpha value is -3.62. The zero-order valence-electron chi connectivity index (χ0n) is 19.6. The Morgan fingerprint density at radius 2 is 1.77 bits per heavy atom. The van der Waals surface area contributed by atoms with E-state index in [4.69, 9.17) is 4.74 Å². The fourth-order valence-corrected chi connectivity index (χ4v) is 3.47.